The smallest absolute Gasteiger partial charge is 0.370 e. The molecule has 0 aromatic carbocycles. The normalized spacial score (nSPS) is 10.0. The molecule has 0 saturated carbocycles. The van der Waals surface area contributed by atoms with Crippen LogP contribution in [0.2, 0.25) is 0 Å². The van der Waals surface area contributed by atoms with Crippen LogP contribution in [-0.4, -0.2) is 17.4 Å². The number of halogens is 1. The molecule has 1 rings (SSSR count). The molecule has 0 atom stereocenters. The molecule has 13 heavy (non-hydrogen) atoms. The van der Waals surface area contributed by atoms with E-state index in [1.165, 1.54) is 6.07 Å². The summed E-state index contributed by atoms with van der Waals surface area (Å²) < 4.78 is 12.6. The molecule has 0 spiro atoms. The van der Waals surface area contributed by atoms with Crippen molar-refractivity contribution in [1.29, 1.82) is 5.41 Å². The van der Waals surface area contributed by atoms with E-state index in [2.05, 4.69) is 0 Å². The zero-order valence-electron chi connectivity index (χ0n) is 6.83. The van der Waals surface area contributed by atoms with Crippen molar-refractivity contribution in [2.45, 2.75) is 6.42 Å². The minimum absolute atomic E-state index is 0.0895. The van der Waals surface area contributed by atoms with E-state index >= 15 is 0 Å². The van der Waals surface area contributed by atoms with Gasteiger partial charge in [0, 0.05) is 23.8 Å². The molecule has 0 aliphatic heterocycles. The lowest BCUT2D eigenvalue weighted by Crippen LogP contribution is -2.31. The fourth-order valence-electron chi connectivity index (χ4n) is 0.911. The molecular formula is C8H9FN2O2. The van der Waals surface area contributed by atoms with Crippen LogP contribution < -0.4 is 4.73 Å². The second-order valence-electron chi connectivity index (χ2n) is 2.62. The van der Waals surface area contributed by atoms with Gasteiger partial charge in [-0.1, -0.05) is 0 Å². The maximum atomic E-state index is 12.5. The fourth-order valence-corrected chi connectivity index (χ4v) is 0.911. The number of aliphatic hydroxyl groups excluding tert-OH is 1. The Morgan fingerprint density at radius 3 is 2.85 bits per heavy atom. The van der Waals surface area contributed by atoms with Gasteiger partial charge < -0.3 is 15.7 Å². The molecule has 0 aliphatic rings. The van der Waals surface area contributed by atoms with Gasteiger partial charge in [-0.25, -0.2) is 0 Å². The van der Waals surface area contributed by atoms with E-state index in [-0.39, 0.29) is 23.5 Å². The molecule has 0 radical (unpaired) electrons. The van der Waals surface area contributed by atoms with Gasteiger partial charge in [-0.2, -0.15) is 0 Å². The van der Waals surface area contributed by atoms with Crippen molar-refractivity contribution >= 4 is 5.71 Å². The SMILES string of the molecule is N=C(CO)Cc1ccc(F)[n+]([O-])c1. The van der Waals surface area contributed by atoms with Crippen LogP contribution in [0, 0.1) is 16.6 Å². The zero-order valence-corrected chi connectivity index (χ0v) is 6.83. The topological polar surface area (TPSA) is 71.0 Å². The third-order valence-electron chi connectivity index (χ3n) is 1.54. The number of hydrogen-bond donors (Lipinski definition) is 2. The average molecular weight is 184 g/mol. The highest BCUT2D eigenvalue weighted by Crippen LogP contribution is 1.99. The minimum atomic E-state index is -0.876. The van der Waals surface area contributed by atoms with E-state index in [1.54, 1.807) is 0 Å². The van der Waals surface area contributed by atoms with E-state index in [0.29, 0.717) is 5.56 Å². The number of aliphatic hydroxyl groups is 1. The highest BCUT2D eigenvalue weighted by molar-refractivity contribution is 5.84. The number of aromatic nitrogens is 1. The number of nitrogens with one attached hydrogen (secondary N) is 1. The van der Waals surface area contributed by atoms with Gasteiger partial charge in [0.25, 0.3) is 0 Å². The van der Waals surface area contributed by atoms with Gasteiger partial charge in [-0.05, 0) is 6.07 Å². The Morgan fingerprint density at radius 1 is 1.62 bits per heavy atom. The fraction of sp³-hybridized carbons (Fsp3) is 0.250. The Kier molecular flexibility index (Phi) is 2.92. The summed E-state index contributed by atoms with van der Waals surface area (Å²) in [6.45, 7) is -0.351. The summed E-state index contributed by atoms with van der Waals surface area (Å²) in [6, 6.07) is 2.45. The molecule has 0 fully saturated rings. The molecule has 0 bridgehead atoms. The van der Waals surface area contributed by atoms with Crippen molar-refractivity contribution < 1.29 is 14.2 Å². The first kappa shape index (κ1) is 9.60. The van der Waals surface area contributed by atoms with E-state index in [0.717, 1.165) is 12.3 Å². The second-order valence-corrected chi connectivity index (χ2v) is 2.62. The Balaban J connectivity index is 2.79. The molecule has 0 aliphatic carbocycles. The van der Waals surface area contributed by atoms with Gasteiger partial charge in [0.2, 0.25) is 0 Å². The maximum Gasteiger partial charge on any atom is 0.370 e. The Bertz CT molecular complexity index is 328. The van der Waals surface area contributed by atoms with Crippen molar-refractivity contribution in [3.05, 3.63) is 35.0 Å². The van der Waals surface area contributed by atoms with Crippen LogP contribution in [0.25, 0.3) is 0 Å². The lowest BCUT2D eigenvalue weighted by Gasteiger charge is -2.01. The average Bonchev–Trinajstić information content (AvgIpc) is 2.11. The standard InChI is InChI=1S/C8H9FN2O2/c9-8-2-1-6(4-11(8)13)3-7(10)5-12/h1-2,4,10,12H,3,5H2. The summed E-state index contributed by atoms with van der Waals surface area (Å²) in [6.07, 6.45) is 1.22. The molecule has 0 saturated heterocycles. The Labute approximate surface area is 74.3 Å². The van der Waals surface area contributed by atoms with Gasteiger partial charge in [0.15, 0.2) is 6.20 Å². The highest BCUT2D eigenvalue weighted by Gasteiger charge is 2.06. The molecule has 1 aromatic rings. The van der Waals surface area contributed by atoms with Crippen LogP contribution in [0.15, 0.2) is 18.3 Å². The summed E-state index contributed by atoms with van der Waals surface area (Å²) >= 11 is 0. The van der Waals surface area contributed by atoms with Crippen molar-refractivity contribution in [1.82, 2.24) is 0 Å². The predicted octanol–water partition coefficient (Wildman–Crippen LogP) is 0.0137. The molecule has 5 heteroatoms. The predicted molar refractivity (Wildman–Crippen MR) is 43.9 cm³/mol. The summed E-state index contributed by atoms with van der Waals surface area (Å²) in [5.74, 6) is -0.876. The van der Waals surface area contributed by atoms with Crippen LogP contribution in [-0.2, 0) is 6.42 Å². The van der Waals surface area contributed by atoms with Gasteiger partial charge in [-0.15, -0.1) is 9.12 Å². The summed E-state index contributed by atoms with van der Waals surface area (Å²) in [5.41, 5.74) is 0.599. The third kappa shape index (κ3) is 2.48. The van der Waals surface area contributed by atoms with E-state index in [4.69, 9.17) is 10.5 Å². The highest BCUT2D eigenvalue weighted by atomic mass is 19.1. The quantitative estimate of drug-likeness (QED) is 0.301. The van der Waals surface area contributed by atoms with Crippen molar-refractivity contribution in [2.75, 3.05) is 6.61 Å². The van der Waals surface area contributed by atoms with Crippen LogP contribution >= 0.6 is 0 Å². The summed E-state index contributed by atoms with van der Waals surface area (Å²) in [5, 5.41) is 26.4. The molecule has 0 amide bonds. The van der Waals surface area contributed by atoms with Gasteiger partial charge in [-0.3, -0.25) is 0 Å². The second kappa shape index (κ2) is 3.95. The lowest BCUT2D eigenvalue weighted by atomic mass is 10.1. The largest absolute Gasteiger partial charge is 0.617 e. The van der Waals surface area contributed by atoms with Crippen LogP contribution in [0.4, 0.5) is 4.39 Å². The molecule has 2 N–H and O–H groups in total. The Hall–Kier alpha value is -1.49. The lowest BCUT2D eigenvalue weighted by molar-refractivity contribution is -0.637. The molecular weight excluding hydrogens is 175 g/mol. The van der Waals surface area contributed by atoms with Crippen molar-refractivity contribution in [2.24, 2.45) is 0 Å². The van der Waals surface area contributed by atoms with Crippen LogP contribution in [0.1, 0.15) is 5.56 Å². The summed E-state index contributed by atoms with van der Waals surface area (Å²) in [7, 11) is 0. The third-order valence-corrected chi connectivity index (χ3v) is 1.54. The molecule has 1 heterocycles. The van der Waals surface area contributed by atoms with Gasteiger partial charge in [0.1, 0.15) is 0 Å². The van der Waals surface area contributed by atoms with Gasteiger partial charge >= 0.3 is 5.95 Å². The first-order valence-electron chi connectivity index (χ1n) is 3.68. The van der Waals surface area contributed by atoms with E-state index < -0.39 is 5.95 Å². The van der Waals surface area contributed by atoms with Gasteiger partial charge in [0.05, 0.1) is 6.61 Å². The molecule has 0 unspecified atom stereocenters. The zero-order chi connectivity index (χ0) is 9.84. The summed E-state index contributed by atoms with van der Waals surface area (Å²) in [4.78, 5) is 0. The van der Waals surface area contributed by atoms with E-state index in [9.17, 15) is 9.60 Å². The monoisotopic (exact) mass is 184 g/mol. The molecule has 70 valence electrons. The van der Waals surface area contributed by atoms with Crippen LogP contribution in [0.3, 0.4) is 0 Å². The number of pyridine rings is 1. The number of nitrogens with zero attached hydrogens (tertiary/aromatic N) is 1. The number of hydrogen-bond acceptors (Lipinski definition) is 3. The molecule has 1 aromatic heterocycles. The van der Waals surface area contributed by atoms with Crippen LogP contribution in [0.5, 0.6) is 0 Å². The first-order chi connectivity index (χ1) is 6.13. The maximum absolute atomic E-state index is 12.5. The van der Waals surface area contributed by atoms with Crippen molar-refractivity contribution in [3.63, 3.8) is 0 Å². The number of rotatable bonds is 3. The van der Waals surface area contributed by atoms with Crippen molar-refractivity contribution in [3.8, 4) is 0 Å². The van der Waals surface area contributed by atoms with E-state index in [1.807, 2.05) is 0 Å². The Morgan fingerprint density at radius 2 is 2.31 bits per heavy atom. The first-order valence-corrected chi connectivity index (χ1v) is 3.68. The molecule has 4 nitrogen and oxygen atoms in total. The minimum Gasteiger partial charge on any atom is -0.617 e.